The Morgan fingerprint density at radius 2 is 0.802 bits per heavy atom. The topological polar surface area (TPSA) is 6.48 Å². The van der Waals surface area contributed by atoms with Crippen LogP contribution in [0.3, 0.4) is 0 Å². The van der Waals surface area contributed by atoms with Gasteiger partial charge in [0, 0.05) is 39.4 Å². The van der Waals surface area contributed by atoms with Crippen molar-refractivity contribution in [3.8, 4) is 55.6 Å². The van der Waals surface area contributed by atoms with Crippen molar-refractivity contribution in [3.63, 3.8) is 0 Å². The maximum Gasteiger partial charge on any atom is 0.0727 e. The average Bonchev–Trinajstić information content (AvgIpc) is 3.28. The maximum absolute atomic E-state index is 2.60. The second-order valence-corrected chi connectivity index (χ2v) is 24.4. The minimum absolute atomic E-state index is 0.0928. The first-order valence-electron chi connectivity index (χ1n) is 29.6. The lowest BCUT2D eigenvalue weighted by molar-refractivity contribution is 0.260. The molecular formula is C79H64N2. The van der Waals surface area contributed by atoms with Crippen molar-refractivity contribution in [2.75, 3.05) is 9.80 Å². The molecule has 0 heterocycles. The third-order valence-electron chi connectivity index (χ3n) is 19.5. The average molecular weight is 1040 g/mol. The van der Waals surface area contributed by atoms with E-state index < -0.39 is 5.41 Å². The fourth-order valence-corrected chi connectivity index (χ4v) is 16.0. The minimum atomic E-state index is -0.666. The van der Waals surface area contributed by atoms with Gasteiger partial charge in [0.25, 0.3) is 0 Å². The Balaban J connectivity index is 0.939. The van der Waals surface area contributed by atoms with Crippen LogP contribution in [0.4, 0.5) is 34.1 Å². The van der Waals surface area contributed by atoms with E-state index in [0.717, 1.165) is 51.9 Å². The lowest BCUT2D eigenvalue weighted by atomic mass is 9.70. The molecule has 81 heavy (non-hydrogen) atoms. The number of nitrogens with zero attached hydrogens (tertiary/aromatic N) is 2. The van der Waals surface area contributed by atoms with Crippen molar-refractivity contribution in [3.05, 3.63) is 300 Å². The molecule has 11 aromatic carbocycles. The van der Waals surface area contributed by atoms with Gasteiger partial charge < -0.3 is 9.80 Å². The Hall–Kier alpha value is -8.98. The summed E-state index contributed by atoms with van der Waals surface area (Å²) in [6.45, 7) is 4.74. The standard InChI is InChI=1S/C79H64N2/c1-78(2)71-29-17-15-28-65(71)69-48-62(39-42-72(69)78)80(59-23-11-5-12-24-59)63-38-40-66-64-27-16-18-30-73(64)79(75(66)49-63)74-41-35-58(56-19-7-3-8-20-56)47-68(74)70-50-67(57-21-9-4-10-22-57)77(51-76(70)79)81(60-25-13-6-14-26-60)61-36-33-52(34-37-61)43-55-45-53-31-32-54(44-53)46-55/h3-30,33-42,47-51,53-55H,31-32,43-46H2,1-2H3. The Morgan fingerprint density at radius 1 is 0.321 bits per heavy atom. The van der Waals surface area contributed by atoms with Crippen molar-refractivity contribution in [2.24, 2.45) is 17.8 Å². The number of hydrogen-bond donors (Lipinski definition) is 0. The van der Waals surface area contributed by atoms with Gasteiger partial charge in [0.1, 0.15) is 0 Å². The third-order valence-corrected chi connectivity index (χ3v) is 19.5. The molecule has 16 rings (SSSR count). The monoisotopic (exact) mass is 1040 g/mol. The quantitative estimate of drug-likeness (QED) is 0.135. The summed E-state index contributed by atoms with van der Waals surface area (Å²) in [6.07, 6.45) is 8.28. The number of fused-ring (bicyclic) bond motifs is 15. The van der Waals surface area contributed by atoms with Crippen LogP contribution >= 0.6 is 0 Å². The molecule has 0 saturated heterocycles. The molecule has 0 amide bonds. The Bertz CT molecular complexity index is 4210. The number of rotatable bonds is 10. The van der Waals surface area contributed by atoms with Crippen molar-refractivity contribution in [1.29, 1.82) is 0 Å². The largest absolute Gasteiger partial charge is 0.310 e. The van der Waals surface area contributed by atoms with Gasteiger partial charge in [-0.1, -0.05) is 209 Å². The highest BCUT2D eigenvalue weighted by Gasteiger charge is 2.53. The first kappa shape index (κ1) is 48.0. The van der Waals surface area contributed by atoms with Gasteiger partial charge in [-0.05, 0) is 211 Å². The van der Waals surface area contributed by atoms with Crippen LogP contribution in [0.25, 0.3) is 55.6 Å². The Kier molecular flexibility index (Phi) is 11.1. The van der Waals surface area contributed by atoms with Crippen LogP contribution < -0.4 is 9.80 Å². The molecule has 390 valence electrons. The molecule has 3 unspecified atom stereocenters. The van der Waals surface area contributed by atoms with Crippen LogP contribution in [0.5, 0.6) is 0 Å². The van der Waals surface area contributed by atoms with Crippen molar-refractivity contribution in [2.45, 2.75) is 63.2 Å². The summed E-state index contributed by atoms with van der Waals surface area (Å²) < 4.78 is 0. The molecule has 3 atom stereocenters. The highest BCUT2D eigenvalue weighted by molar-refractivity contribution is 6.02. The molecule has 11 aromatic rings. The molecule has 5 aliphatic carbocycles. The molecule has 5 aliphatic rings. The number of benzene rings is 11. The van der Waals surface area contributed by atoms with E-state index in [1.807, 2.05) is 0 Å². The highest BCUT2D eigenvalue weighted by atomic mass is 15.1. The van der Waals surface area contributed by atoms with Crippen molar-refractivity contribution in [1.82, 2.24) is 0 Å². The predicted molar refractivity (Wildman–Crippen MR) is 338 cm³/mol. The molecule has 1 spiro atoms. The molecule has 0 N–H and O–H groups in total. The molecule has 2 saturated carbocycles. The minimum Gasteiger partial charge on any atom is -0.310 e. The summed E-state index contributed by atoms with van der Waals surface area (Å²) in [7, 11) is 0. The lowest BCUT2D eigenvalue weighted by Gasteiger charge is -2.34. The van der Waals surface area contributed by atoms with Crippen LogP contribution in [0.2, 0.25) is 0 Å². The highest BCUT2D eigenvalue weighted by Crippen LogP contribution is 2.65. The van der Waals surface area contributed by atoms with E-state index in [1.165, 1.54) is 133 Å². The van der Waals surface area contributed by atoms with Gasteiger partial charge >= 0.3 is 0 Å². The zero-order valence-corrected chi connectivity index (χ0v) is 46.2. The van der Waals surface area contributed by atoms with E-state index in [9.17, 15) is 0 Å². The lowest BCUT2D eigenvalue weighted by Crippen LogP contribution is -2.26. The summed E-state index contributed by atoms with van der Waals surface area (Å²) in [5.41, 5.74) is 28.1. The summed E-state index contributed by atoms with van der Waals surface area (Å²) in [5, 5.41) is 0. The SMILES string of the molecule is CC1(C)c2ccccc2-c2cc(N(c3ccccc3)c3ccc4c(c3)C3(c5ccccc5-4)c4ccc(-c5ccccc5)cc4-c4cc(-c5ccccc5)c(N(c5ccccc5)c5ccc(CC6CC7CCC(C7)C6)cc5)cc43)ccc21. The molecule has 0 aliphatic heterocycles. The molecule has 2 bridgehead atoms. The smallest absolute Gasteiger partial charge is 0.0727 e. The fraction of sp³-hybridized carbons (Fsp3) is 0.165. The fourth-order valence-electron chi connectivity index (χ4n) is 16.0. The second kappa shape index (κ2) is 18.8. The summed E-state index contributed by atoms with van der Waals surface area (Å²) in [4.78, 5) is 5.03. The first-order chi connectivity index (χ1) is 39.9. The van der Waals surface area contributed by atoms with Crippen molar-refractivity contribution < 1.29 is 0 Å². The molecule has 0 aromatic heterocycles. The molecule has 2 fully saturated rings. The van der Waals surface area contributed by atoms with E-state index in [2.05, 4.69) is 285 Å². The van der Waals surface area contributed by atoms with Crippen LogP contribution in [0.15, 0.2) is 261 Å². The molecular weight excluding hydrogens is 977 g/mol. The van der Waals surface area contributed by atoms with Gasteiger partial charge in [0.2, 0.25) is 0 Å². The molecule has 0 radical (unpaired) electrons. The summed E-state index contributed by atoms with van der Waals surface area (Å²) in [5.74, 6) is 2.65. The van der Waals surface area contributed by atoms with Gasteiger partial charge in [0.15, 0.2) is 0 Å². The van der Waals surface area contributed by atoms with E-state index in [1.54, 1.807) is 0 Å². The molecule has 2 nitrogen and oxygen atoms in total. The van der Waals surface area contributed by atoms with E-state index in [4.69, 9.17) is 0 Å². The number of para-hydroxylation sites is 2. The van der Waals surface area contributed by atoms with Crippen LogP contribution in [0.1, 0.15) is 84.9 Å². The Morgan fingerprint density at radius 3 is 1.51 bits per heavy atom. The predicted octanol–water partition coefficient (Wildman–Crippen LogP) is 21.0. The normalized spacial score (nSPS) is 19.1. The van der Waals surface area contributed by atoms with E-state index >= 15 is 0 Å². The summed E-state index contributed by atoms with van der Waals surface area (Å²) >= 11 is 0. The zero-order valence-electron chi connectivity index (χ0n) is 46.2. The number of hydrogen-bond acceptors (Lipinski definition) is 2. The number of anilines is 6. The zero-order chi connectivity index (χ0) is 53.8. The first-order valence-corrected chi connectivity index (χ1v) is 29.6. The Labute approximate surface area is 477 Å². The van der Waals surface area contributed by atoms with Crippen molar-refractivity contribution >= 4 is 34.1 Å². The van der Waals surface area contributed by atoms with E-state index in [0.29, 0.717) is 0 Å². The van der Waals surface area contributed by atoms with Gasteiger partial charge in [-0.2, -0.15) is 0 Å². The maximum atomic E-state index is 2.60. The van der Waals surface area contributed by atoms with Gasteiger partial charge in [-0.15, -0.1) is 0 Å². The van der Waals surface area contributed by atoms with Crippen LogP contribution in [-0.4, -0.2) is 0 Å². The van der Waals surface area contributed by atoms with E-state index in [-0.39, 0.29) is 5.41 Å². The van der Waals surface area contributed by atoms with Crippen LogP contribution in [0, 0.1) is 17.8 Å². The molecule has 2 heteroatoms. The second-order valence-electron chi connectivity index (χ2n) is 24.4. The van der Waals surface area contributed by atoms with Crippen LogP contribution in [-0.2, 0) is 17.3 Å². The van der Waals surface area contributed by atoms with Gasteiger partial charge in [-0.25, -0.2) is 0 Å². The van der Waals surface area contributed by atoms with Gasteiger partial charge in [-0.3, -0.25) is 0 Å². The summed E-state index contributed by atoms with van der Waals surface area (Å²) in [6, 6.07) is 99.1. The third kappa shape index (κ3) is 7.60. The van der Waals surface area contributed by atoms with Gasteiger partial charge in [0.05, 0.1) is 11.1 Å².